The zero-order chi connectivity index (χ0) is 29.1. The molecule has 2 heterocycles. The highest BCUT2D eigenvalue weighted by atomic mass is 16.5. The van der Waals surface area contributed by atoms with Crippen LogP contribution in [0.2, 0.25) is 0 Å². The van der Waals surface area contributed by atoms with Gasteiger partial charge in [-0.2, -0.15) is 0 Å². The SMILES string of the molecule is Cc1ccc(N=C(C=C(N)C(C)(C)C)NC(=O)NC2CCC(Oc3ccc4nnc(N)n4c3)c3ccccc32)cc1. The number of amides is 2. The molecule has 10 heteroatoms. The molecule has 2 aromatic heterocycles. The number of benzene rings is 2. The van der Waals surface area contributed by atoms with Crippen molar-refractivity contribution in [2.45, 2.75) is 52.7 Å². The number of carbonyl (C=O) groups excluding carboxylic acids is 1. The molecule has 5 rings (SSSR count). The third-order valence-electron chi connectivity index (χ3n) is 7.10. The molecule has 212 valence electrons. The van der Waals surface area contributed by atoms with Gasteiger partial charge in [0, 0.05) is 17.2 Å². The zero-order valence-corrected chi connectivity index (χ0v) is 23.8. The fourth-order valence-electron chi connectivity index (χ4n) is 4.67. The third-order valence-corrected chi connectivity index (χ3v) is 7.10. The number of nitrogens with two attached hydrogens (primary N) is 2. The van der Waals surface area contributed by atoms with Crippen LogP contribution < -0.4 is 26.8 Å². The molecular formula is C31H36N8O2. The Morgan fingerprint density at radius 2 is 1.78 bits per heavy atom. The van der Waals surface area contributed by atoms with E-state index in [1.165, 1.54) is 0 Å². The number of aliphatic imine (C=N–C) groups is 1. The lowest BCUT2D eigenvalue weighted by molar-refractivity contribution is 0.171. The minimum Gasteiger partial charge on any atom is -0.484 e. The molecule has 0 fully saturated rings. The first-order valence-corrected chi connectivity index (χ1v) is 13.6. The Hall–Kier alpha value is -4.86. The van der Waals surface area contributed by atoms with Crippen molar-refractivity contribution >= 4 is 29.1 Å². The predicted octanol–water partition coefficient (Wildman–Crippen LogP) is 5.49. The van der Waals surface area contributed by atoms with Gasteiger partial charge in [0.05, 0.1) is 17.9 Å². The molecule has 2 aromatic carbocycles. The Labute approximate surface area is 239 Å². The van der Waals surface area contributed by atoms with Crippen LogP contribution in [0.15, 0.2) is 83.6 Å². The van der Waals surface area contributed by atoms with Crippen LogP contribution in [-0.4, -0.2) is 26.5 Å². The summed E-state index contributed by atoms with van der Waals surface area (Å²) in [5, 5.41) is 14.0. The topological polar surface area (TPSA) is 145 Å². The van der Waals surface area contributed by atoms with E-state index >= 15 is 0 Å². The number of fused-ring (bicyclic) bond motifs is 2. The highest BCUT2D eigenvalue weighted by Crippen LogP contribution is 2.38. The zero-order valence-electron chi connectivity index (χ0n) is 23.8. The summed E-state index contributed by atoms with van der Waals surface area (Å²) in [5.74, 6) is 1.33. The molecule has 10 nitrogen and oxygen atoms in total. The summed E-state index contributed by atoms with van der Waals surface area (Å²) in [6.45, 7) is 8.05. The number of pyridine rings is 1. The van der Waals surface area contributed by atoms with Gasteiger partial charge in [0.1, 0.15) is 17.7 Å². The highest BCUT2D eigenvalue weighted by molar-refractivity contribution is 6.05. The average molecular weight is 553 g/mol. The Morgan fingerprint density at radius 3 is 2.51 bits per heavy atom. The van der Waals surface area contributed by atoms with E-state index in [9.17, 15) is 4.79 Å². The van der Waals surface area contributed by atoms with E-state index < -0.39 is 0 Å². The molecule has 1 aliphatic carbocycles. The van der Waals surface area contributed by atoms with Crippen LogP contribution in [0.5, 0.6) is 5.75 Å². The first-order chi connectivity index (χ1) is 19.6. The maximum absolute atomic E-state index is 13.3. The monoisotopic (exact) mass is 552 g/mol. The van der Waals surface area contributed by atoms with Crippen molar-refractivity contribution in [2.24, 2.45) is 16.1 Å². The van der Waals surface area contributed by atoms with Gasteiger partial charge >= 0.3 is 6.03 Å². The number of aromatic nitrogens is 3. The maximum atomic E-state index is 13.3. The molecule has 1 aliphatic rings. The first-order valence-electron chi connectivity index (χ1n) is 13.6. The fourth-order valence-corrected chi connectivity index (χ4v) is 4.67. The van der Waals surface area contributed by atoms with Gasteiger partial charge in [0.2, 0.25) is 5.95 Å². The number of nitrogen functional groups attached to an aromatic ring is 1. The summed E-state index contributed by atoms with van der Waals surface area (Å²) < 4.78 is 8.07. The molecule has 2 amide bonds. The molecule has 0 radical (unpaired) electrons. The van der Waals surface area contributed by atoms with Gasteiger partial charge in [-0.3, -0.25) is 9.72 Å². The Bertz CT molecular complexity index is 1620. The van der Waals surface area contributed by atoms with Crippen LogP contribution in [0.4, 0.5) is 16.4 Å². The molecule has 0 bridgehead atoms. The average Bonchev–Trinajstić information content (AvgIpc) is 3.30. The van der Waals surface area contributed by atoms with Gasteiger partial charge < -0.3 is 21.5 Å². The van der Waals surface area contributed by atoms with Crippen LogP contribution in [0.25, 0.3) is 5.65 Å². The number of urea groups is 1. The molecule has 4 aromatic rings. The molecule has 2 unspecified atom stereocenters. The van der Waals surface area contributed by atoms with Gasteiger partial charge in [-0.05, 0) is 55.2 Å². The number of hydrogen-bond acceptors (Lipinski definition) is 7. The number of aryl methyl sites for hydroxylation is 1. The van der Waals surface area contributed by atoms with Crippen LogP contribution in [-0.2, 0) is 0 Å². The molecule has 6 N–H and O–H groups in total. The lowest BCUT2D eigenvalue weighted by atomic mass is 9.85. The summed E-state index contributed by atoms with van der Waals surface area (Å²) in [4.78, 5) is 17.9. The maximum Gasteiger partial charge on any atom is 0.320 e. The van der Waals surface area contributed by atoms with Gasteiger partial charge in [-0.15, -0.1) is 10.2 Å². The standard InChI is InChI=1S/C31H36N8O2/c1-19-9-11-20(12-10-19)34-27(17-26(32)31(2,3)4)36-30(40)35-24-14-15-25(23-8-6-5-7-22(23)24)41-21-13-16-28-37-38-29(33)39(28)18-21/h5-13,16-18,24-25H,14-15,32H2,1-4H3,(H2,33,38)(H2,34,35,36,40). The van der Waals surface area contributed by atoms with Crippen molar-refractivity contribution in [3.8, 4) is 5.75 Å². The van der Waals surface area contributed by atoms with Crippen LogP contribution in [0.3, 0.4) is 0 Å². The molecule has 0 saturated carbocycles. The number of nitrogens with one attached hydrogen (secondary N) is 2. The van der Waals surface area contributed by atoms with E-state index in [0.29, 0.717) is 41.7 Å². The Balaban J connectivity index is 1.33. The molecule has 2 atom stereocenters. The van der Waals surface area contributed by atoms with E-state index in [1.54, 1.807) is 16.7 Å². The molecule has 0 spiro atoms. The number of allylic oxidation sites excluding steroid dienone is 1. The number of anilines is 1. The molecule has 0 saturated heterocycles. The van der Waals surface area contributed by atoms with Crippen LogP contribution in [0.1, 0.15) is 62.4 Å². The van der Waals surface area contributed by atoms with Crippen molar-refractivity contribution in [3.05, 3.63) is 95.3 Å². The summed E-state index contributed by atoms with van der Waals surface area (Å²) >= 11 is 0. The summed E-state index contributed by atoms with van der Waals surface area (Å²) in [7, 11) is 0. The van der Waals surface area contributed by atoms with Crippen molar-refractivity contribution in [3.63, 3.8) is 0 Å². The highest BCUT2D eigenvalue weighted by Gasteiger charge is 2.29. The van der Waals surface area contributed by atoms with Crippen LogP contribution >= 0.6 is 0 Å². The summed E-state index contributed by atoms with van der Waals surface area (Å²) in [6.07, 6.45) is 4.72. The quantitative estimate of drug-likeness (QED) is 0.190. The van der Waals surface area contributed by atoms with Gasteiger partial charge in [-0.25, -0.2) is 9.79 Å². The number of carbonyl (C=O) groups is 1. The molecular weight excluding hydrogens is 516 g/mol. The van der Waals surface area contributed by atoms with Gasteiger partial charge in [0.25, 0.3) is 0 Å². The van der Waals surface area contributed by atoms with Crippen molar-refractivity contribution in [2.75, 3.05) is 5.73 Å². The lowest BCUT2D eigenvalue weighted by Gasteiger charge is -2.32. The number of rotatable bonds is 5. The summed E-state index contributed by atoms with van der Waals surface area (Å²) in [5.41, 5.74) is 17.1. The van der Waals surface area contributed by atoms with E-state index in [2.05, 4.69) is 25.8 Å². The van der Waals surface area contributed by atoms with Gasteiger partial charge in [0.15, 0.2) is 5.65 Å². The van der Waals surface area contributed by atoms with Crippen molar-refractivity contribution < 1.29 is 9.53 Å². The molecule has 41 heavy (non-hydrogen) atoms. The summed E-state index contributed by atoms with van der Waals surface area (Å²) in [6, 6.07) is 18.9. The molecule has 0 aliphatic heterocycles. The third kappa shape index (κ3) is 6.49. The van der Waals surface area contributed by atoms with Crippen molar-refractivity contribution in [1.29, 1.82) is 0 Å². The Morgan fingerprint density at radius 1 is 1.05 bits per heavy atom. The number of nitrogens with zero attached hydrogens (tertiary/aromatic N) is 4. The fraction of sp³-hybridized carbons (Fsp3) is 0.290. The predicted molar refractivity (Wildman–Crippen MR) is 161 cm³/mol. The van der Waals surface area contributed by atoms with Crippen LogP contribution in [0, 0.1) is 12.3 Å². The second-order valence-corrected chi connectivity index (χ2v) is 11.3. The number of ether oxygens (including phenoxy) is 1. The number of amidine groups is 1. The largest absolute Gasteiger partial charge is 0.484 e. The minimum atomic E-state index is -0.360. The second kappa shape index (κ2) is 11.3. The number of hydrogen-bond donors (Lipinski definition) is 4. The van der Waals surface area contributed by atoms with Gasteiger partial charge in [-0.1, -0.05) is 62.7 Å². The second-order valence-electron chi connectivity index (χ2n) is 11.3. The van der Waals surface area contributed by atoms with E-state index in [4.69, 9.17) is 16.2 Å². The van der Waals surface area contributed by atoms with Crippen molar-refractivity contribution in [1.82, 2.24) is 25.2 Å². The first kappa shape index (κ1) is 27.7. The smallest absolute Gasteiger partial charge is 0.320 e. The van der Waals surface area contributed by atoms with E-state index in [0.717, 1.165) is 22.4 Å². The Kier molecular flexibility index (Phi) is 7.65. The van der Waals surface area contributed by atoms with E-state index in [-0.39, 0.29) is 23.6 Å². The minimum absolute atomic E-state index is 0.185. The van der Waals surface area contributed by atoms with E-state index in [1.807, 2.05) is 88.4 Å². The lowest BCUT2D eigenvalue weighted by Crippen LogP contribution is -2.42. The normalized spacial score (nSPS) is 17.7.